The Morgan fingerprint density at radius 1 is 1.30 bits per heavy atom. The molecule has 20 heavy (non-hydrogen) atoms. The van der Waals surface area contributed by atoms with Crippen LogP contribution in [0.5, 0.6) is 0 Å². The first kappa shape index (κ1) is 17.6. The Labute approximate surface area is 128 Å². The van der Waals surface area contributed by atoms with Gasteiger partial charge >= 0.3 is 0 Å². The van der Waals surface area contributed by atoms with Crippen molar-refractivity contribution in [2.45, 2.75) is 59.4 Å². The Balaban J connectivity index is 2.26. The van der Waals surface area contributed by atoms with Gasteiger partial charge in [-0.25, -0.2) is 4.98 Å². The zero-order valence-electron chi connectivity index (χ0n) is 13.5. The quantitative estimate of drug-likeness (QED) is 0.647. The van der Waals surface area contributed by atoms with Gasteiger partial charge in [0.05, 0.1) is 6.04 Å². The summed E-state index contributed by atoms with van der Waals surface area (Å²) in [5, 5.41) is 4.80. The highest BCUT2D eigenvalue weighted by Crippen LogP contribution is 2.22. The van der Waals surface area contributed by atoms with Crippen molar-refractivity contribution in [1.29, 1.82) is 0 Å². The molecule has 4 heteroatoms. The molecule has 0 aliphatic rings. The summed E-state index contributed by atoms with van der Waals surface area (Å²) in [5.74, 6) is 1.51. The van der Waals surface area contributed by atoms with Crippen LogP contribution in [0.3, 0.4) is 0 Å². The summed E-state index contributed by atoms with van der Waals surface area (Å²) < 4.78 is 0. The molecule has 0 radical (unpaired) electrons. The van der Waals surface area contributed by atoms with E-state index in [1.807, 2.05) is 17.5 Å². The fourth-order valence-electron chi connectivity index (χ4n) is 2.48. The summed E-state index contributed by atoms with van der Waals surface area (Å²) in [5.41, 5.74) is 5.69. The van der Waals surface area contributed by atoms with Crippen LogP contribution in [0.2, 0.25) is 0 Å². The third-order valence-electron chi connectivity index (χ3n) is 3.97. The lowest BCUT2D eigenvalue weighted by atomic mass is 9.88. The van der Waals surface area contributed by atoms with Gasteiger partial charge in [-0.1, -0.05) is 20.8 Å². The molecule has 0 aromatic carbocycles. The van der Waals surface area contributed by atoms with Crippen molar-refractivity contribution in [3.63, 3.8) is 0 Å². The van der Waals surface area contributed by atoms with Gasteiger partial charge in [0, 0.05) is 11.1 Å². The first-order valence-corrected chi connectivity index (χ1v) is 8.78. The van der Waals surface area contributed by atoms with E-state index in [9.17, 15) is 0 Å². The molecular formula is C16H31N3S. The Morgan fingerprint density at radius 3 is 2.60 bits per heavy atom. The van der Waals surface area contributed by atoms with E-state index in [0.717, 1.165) is 37.8 Å². The van der Waals surface area contributed by atoms with Gasteiger partial charge < -0.3 is 11.1 Å². The molecule has 0 aliphatic carbocycles. The molecule has 1 aromatic heterocycles. The van der Waals surface area contributed by atoms with Crippen LogP contribution in [0.15, 0.2) is 6.20 Å². The summed E-state index contributed by atoms with van der Waals surface area (Å²) in [6.07, 6.45) is 6.74. The van der Waals surface area contributed by atoms with E-state index < -0.39 is 0 Å². The number of nitrogens with one attached hydrogen (secondary N) is 1. The van der Waals surface area contributed by atoms with Crippen LogP contribution in [0.1, 0.15) is 62.9 Å². The predicted octanol–water partition coefficient (Wildman–Crippen LogP) is 3.76. The molecule has 0 amide bonds. The van der Waals surface area contributed by atoms with Gasteiger partial charge in [0.1, 0.15) is 5.01 Å². The van der Waals surface area contributed by atoms with E-state index in [-0.39, 0.29) is 0 Å². The summed E-state index contributed by atoms with van der Waals surface area (Å²) in [6.45, 7) is 10.9. The SMILES string of the molecule is CCc1cnc(C(C)NCCCC(CCN)C(C)C)s1. The van der Waals surface area contributed by atoms with E-state index in [1.165, 1.54) is 22.7 Å². The molecule has 1 heterocycles. The van der Waals surface area contributed by atoms with Crippen molar-refractivity contribution in [2.75, 3.05) is 13.1 Å². The van der Waals surface area contributed by atoms with E-state index in [2.05, 4.69) is 38.0 Å². The topological polar surface area (TPSA) is 50.9 Å². The number of nitrogens with two attached hydrogens (primary N) is 1. The van der Waals surface area contributed by atoms with Crippen molar-refractivity contribution in [3.8, 4) is 0 Å². The molecule has 2 unspecified atom stereocenters. The van der Waals surface area contributed by atoms with Gasteiger partial charge in [-0.05, 0) is 57.5 Å². The first-order valence-electron chi connectivity index (χ1n) is 7.96. The van der Waals surface area contributed by atoms with Crippen LogP contribution in [0.25, 0.3) is 0 Å². The van der Waals surface area contributed by atoms with Gasteiger partial charge in [-0.15, -0.1) is 11.3 Å². The second kappa shape index (κ2) is 9.48. The molecule has 3 N–H and O–H groups in total. The number of thiazole rings is 1. The highest BCUT2D eigenvalue weighted by Gasteiger charge is 2.13. The monoisotopic (exact) mass is 297 g/mol. The Hall–Kier alpha value is -0.450. The van der Waals surface area contributed by atoms with Crippen LogP contribution in [-0.4, -0.2) is 18.1 Å². The fourth-order valence-corrected chi connectivity index (χ4v) is 3.37. The lowest BCUT2D eigenvalue weighted by Crippen LogP contribution is -2.21. The van der Waals surface area contributed by atoms with Gasteiger partial charge in [0.25, 0.3) is 0 Å². The number of rotatable bonds is 10. The Kier molecular flexibility index (Phi) is 8.34. The number of nitrogens with zero attached hydrogens (tertiary/aromatic N) is 1. The minimum Gasteiger partial charge on any atom is -0.330 e. The molecule has 0 bridgehead atoms. The maximum Gasteiger partial charge on any atom is 0.109 e. The average Bonchev–Trinajstić information content (AvgIpc) is 2.90. The Bertz CT molecular complexity index is 362. The van der Waals surface area contributed by atoms with Crippen LogP contribution in [-0.2, 0) is 6.42 Å². The molecule has 3 nitrogen and oxygen atoms in total. The maximum atomic E-state index is 5.69. The van der Waals surface area contributed by atoms with Crippen molar-refractivity contribution in [1.82, 2.24) is 10.3 Å². The Morgan fingerprint density at radius 2 is 2.05 bits per heavy atom. The zero-order valence-corrected chi connectivity index (χ0v) is 14.3. The fraction of sp³-hybridized carbons (Fsp3) is 0.812. The number of aryl methyl sites for hydroxylation is 1. The lowest BCUT2D eigenvalue weighted by molar-refractivity contribution is 0.329. The van der Waals surface area contributed by atoms with Gasteiger partial charge in [-0.2, -0.15) is 0 Å². The molecule has 0 fully saturated rings. The van der Waals surface area contributed by atoms with Crippen molar-refractivity contribution in [2.24, 2.45) is 17.6 Å². The lowest BCUT2D eigenvalue weighted by Gasteiger charge is -2.20. The van der Waals surface area contributed by atoms with Crippen molar-refractivity contribution >= 4 is 11.3 Å². The second-order valence-corrected chi connectivity index (χ2v) is 7.06. The molecule has 1 rings (SSSR count). The smallest absolute Gasteiger partial charge is 0.109 e. The molecule has 1 aromatic rings. The normalized spacial score (nSPS) is 14.7. The highest BCUT2D eigenvalue weighted by molar-refractivity contribution is 7.11. The van der Waals surface area contributed by atoms with Crippen LogP contribution >= 0.6 is 11.3 Å². The predicted molar refractivity (Wildman–Crippen MR) is 89.1 cm³/mol. The maximum absolute atomic E-state index is 5.69. The largest absolute Gasteiger partial charge is 0.330 e. The zero-order chi connectivity index (χ0) is 15.0. The molecule has 2 atom stereocenters. The molecule has 0 saturated carbocycles. The molecular weight excluding hydrogens is 266 g/mol. The number of hydrogen-bond acceptors (Lipinski definition) is 4. The van der Waals surface area contributed by atoms with Crippen LogP contribution in [0, 0.1) is 11.8 Å². The highest BCUT2D eigenvalue weighted by atomic mass is 32.1. The molecule has 0 saturated heterocycles. The van der Waals surface area contributed by atoms with Crippen LogP contribution < -0.4 is 11.1 Å². The number of aromatic nitrogens is 1. The van der Waals surface area contributed by atoms with Crippen molar-refractivity contribution in [3.05, 3.63) is 16.1 Å². The molecule has 0 aliphatic heterocycles. The summed E-state index contributed by atoms with van der Waals surface area (Å²) in [4.78, 5) is 5.87. The molecule has 0 spiro atoms. The van der Waals surface area contributed by atoms with Crippen molar-refractivity contribution < 1.29 is 0 Å². The number of hydrogen-bond donors (Lipinski definition) is 2. The summed E-state index contributed by atoms with van der Waals surface area (Å²) in [7, 11) is 0. The summed E-state index contributed by atoms with van der Waals surface area (Å²) >= 11 is 1.83. The first-order chi connectivity index (χ1) is 9.58. The van der Waals surface area contributed by atoms with E-state index >= 15 is 0 Å². The minimum absolute atomic E-state index is 0.368. The van der Waals surface area contributed by atoms with Crippen LogP contribution in [0.4, 0.5) is 0 Å². The van der Waals surface area contributed by atoms with Gasteiger partial charge in [0.15, 0.2) is 0 Å². The second-order valence-electron chi connectivity index (χ2n) is 5.92. The summed E-state index contributed by atoms with van der Waals surface area (Å²) in [6, 6.07) is 0.368. The average molecular weight is 298 g/mol. The van der Waals surface area contributed by atoms with Gasteiger partial charge in [-0.3, -0.25) is 0 Å². The third kappa shape index (κ3) is 5.90. The van der Waals surface area contributed by atoms with E-state index in [1.54, 1.807) is 0 Å². The molecule has 116 valence electrons. The minimum atomic E-state index is 0.368. The standard InChI is InChI=1S/C16H31N3S/c1-5-15-11-19-16(20-15)13(4)18-10-6-7-14(8-9-17)12(2)3/h11-14,18H,5-10,17H2,1-4H3. The van der Waals surface area contributed by atoms with Gasteiger partial charge in [0.2, 0.25) is 0 Å². The van der Waals surface area contributed by atoms with E-state index in [4.69, 9.17) is 5.73 Å². The van der Waals surface area contributed by atoms with E-state index in [0.29, 0.717) is 6.04 Å². The third-order valence-corrected chi connectivity index (χ3v) is 5.30.